The van der Waals surface area contributed by atoms with Gasteiger partial charge in [0.05, 0.1) is 29.3 Å². The van der Waals surface area contributed by atoms with E-state index in [1.807, 2.05) is 29.6 Å². The Bertz CT molecular complexity index is 1370. The van der Waals surface area contributed by atoms with E-state index >= 15 is 0 Å². The van der Waals surface area contributed by atoms with Crippen molar-refractivity contribution < 1.29 is 14.3 Å². The van der Waals surface area contributed by atoms with Crippen molar-refractivity contribution in [3.8, 4) is 16.3 Å². The van der Waals surface area contributed by atoms with Crippen molar-refractivity contribution in [3.63, 3.8) is 0 Å². The molecular weight excluding hydrogens is 438 g/mol. The van der Waals surface area contributed by atoms with E-state index in [-0.39, 0.29) is 12.2 Å². The number of benzene rings is 2. The first-order chi connectivity index (χ1) is 16.1. The SMILES string of the molecule is COc1ccc(-c2nc(COC(=O)c3ccc4c(=O)n5c(nc4c3)CCCCC5)cs2)cc1. The van der Waals surface area contributed by atoms with Gasteiger partial charge in [0.15, 0.2) is 0 Å². The molecule has 0 fully saturated rings. The van der Waals surface area contributed by atoms with Crippen LogP contribution in [-0.2, 0) is 24.3 Å². The summed E-state index contributed by atoms with van der Waals surface area (Å²) in [6.07, 6.45) is 3.88. The minimum atomic E-state index is -0.465. The maximum atomic E-state index is 12.9. The van der Waals surface area contributed by atoms with E-state index in [1.54, 1.807) is 29.9 Å². The molecule has 0 saturated carbocycles. The summed E-state index contributed by atoms with van der Waals surface area (Å²) in [4.78, 5) is 34.8. The van der Waals surface area contributed by atoms with Gasteiger partial charge in [0.1, 0.15) is 23.2 Å². The first-order valence-electron chi connectivity index (χ1n) is 10.9. The van der Waals surface area contributed by atoms with Gasteiger partial charge in [0.2, 0.25) is 0 Å². The minimum Gasteiger partial charge on any atom is -0.497 e. The number of nitrogens with zero attached hydrogens (tertiary/aromatic N) is 3. The highest BCUT2D eigenvalue weighted by atomic mass is 32.1. The molecule has 5 rings (SSSR count). The van der Waals surface area contributed by atoms with Gasteiger partial charge < -0.3 is 9.47 Å². The number of aromatic nitrogens is 3. The molecule has 0 N–H and O–H groups in total. The van der Waals surface area contributed by atoms with Crippen LogP contribution in [0.5, 0.6) is 5.75 Å². The van der Waals surface area contributed by atoms with Crippen LogP contribution in [0.3, 0.4) is 0 Å². The van der Waals surface area contributed by atoms with E-state index in [9.17, 15) is 9.59 Å². The Hall–Kier alpha value is -3.52. The van der Waals surface area contributed by atoms with E-state index in [0.717, 1.165) is 47.8 Å². The van der Waals surface area contributed by atoms with Gasteiger partial charge >= 0.3 is 5.97 Å². The lowest BCUT2D eigenvalue weighted by atomic mass is 10.1. The fourth-order valence-electron chi connectivity index (χ4n) is 4.01. The summed E-state index contributed by atoms with van der Waals surface area (Å²) >= 11 is 1.49. The molecule has 7 nitrogen and oxygen atoms in total. The first kappa shape index (κ1) is 21.3. The molecule has 3 heterocycles. The number of hydrogen-bond acceptors (Lipinski definition) is 7. The van der Waals surface area contributed by atoms with Crippen molar-refractivity contribution in [2.75, 3.05) is 7.11 Å². The molecule has 8 heteroatoms. The summed E-state index contributed by atoms with van der Waals surface area (Å²) in [5.74, 6) is 1.12. The second kappa shape index (κ2) is 9.15. The van der Waals surface area contributed by atoms with Gasteiger partial charge in [-0.05, 0) is 55.3 Å². The van der Waals surface area contributed by atoms with E-state index in [4.69, 9.17) is 9.47 Å². The lowest BCUT2D eigenvalue weighted by Gasteiger charge is -2.10. The third-order valence-electron chi connectivity index (χ3n) is 5.79. The van der Waals surface area contributed by atoms with E-state index < -0.39 is 5.97 Å². The third kappa shape index (κ3) is 4.39. The Labute approximate surface area is 194 Å². The standard InChI is InChI=1S/C25H23N3O4S/c1-31-19-9-6-16(7-10-19)23-26-18(15-33-23)14-32-25(30)17-8-11-20-21(13-17)27-22-5-3-2-4-12-28(22)24(20)29/h6-11,13,15H,2-5,12,14H2,1H3. The number of fused-ring (bicyclic) bond motifs is 2. The molecule has 168 valence electrons. The van der Waals surface area contributed by atoms with Crippen molar-refractivity contribution in [3.05, 3.63) is 75.3 Å². The summed E-state index contributed by atoms with van der Waals surface area (Å²) in [6, 6.07) is 12.6. The van der Waals surface area contributed by atoms with Crippen LogP contribution < -0.4 is 10.3 Å². The maximum absolute atomic E-state index is 12.9. The Kier molecular flexibility index (Phi) is 5.92. The summed E-state index contributed by atoms with van der Waals surface area (Å²) in [5.41, 5.74) is 2.54. The number of methoxy groups -OCH3 is 1. The number of hydrogen-bond donors (Lipinski definition) is 0. The largest absolute Gasteiger partial charge is 0.497 e. The van der Waals surface area contributed by atoms with Crippen molar-refractivity contribution >= 4 is 28.2 Å². The minimum absolute atomic E-state index is 0.0367. The number of carbonyl (C=O) groups is 1. The molecule has 1 aliphatic rings. The lowest BCUT2D eigenvalue weighted by molar-refractivity contribution is 0.0468. The first-order valence-corrected chi connectivity index (χ1v) is 11.8. The fraction of sp³-hybridized carbons (Fsp3) is 0.280. The van der Waals surface area contributed by atoms with Crippen LogP contribution in [0.4, 0.5) is 0 Å². The van der Waals surface area contributed by atoms with Crippen LogP contribution in [0.25, 0.3) is 21.5 Å². The molecule has 0 atom stereocenters. The summed E-state index contributed by atoms with van der Waals surface area (Å²) in [6.45, 7) is 0.775. The summed E-state index contributed by atoms with van der Waals surface area (Å²) in [7, 11) is 1.63. The smallest absolute Gasteiger partial charge is 0.338 e. The van der Waals surface area contributed by atoms with Crippen LogP contribution >= 0.6 is 11.3 Å². The predicted molar refractivity (Wildman–Crippen MR) is 127 cm³/mol. The van der Waals surface area contributed by atoms with Gasteiger partial charge in [0.25, 0.3) is 5.56 Å². The lowest BCUT2D eigenvalue weighted by Crippen LogP contribution is -2.24. The summed E-state index contributed by atoms with van der Waals surface area (Å²) in [5, 5.41) is 3.26. The number of thiazole rings is 1. The molecule has 2 aromatic carbocycles. The molecular formula is C25H23N3O4S. The molecule has 0 radical (unpaired) electrons. The zero-order valence-electron chi connectivity index (χ0n) is 18.2. The van der Waals surface area contributed by atoms with Gasteiger partial charge in [-0.2, -0.15) is 0 Å². The Morgan fingerprint density at radius 2 is 1.94 bits per heavy atom. The molecule has 0 bridgehead atoms. The van der Waals surface area contributed by atoms with Crippen LogP contribution in [0, 0.1) is 0 Å². The van der Waals surface area contributed by atoms with Crippen molar-refractivity contribution in [2.24, 2.45) is 0 Å². The monoisotopic (exact) mass is 461 g/mol. The number of carbonyl (C=O) groups excluding carboxylic acids is 1. The van der Waals surface area contributed by atoms with Crippen molar-refractivity contribution in [1.82, 2.24) is 14.5 Å². The quantitative estimate of drug-likeness (QED) is 0.404. The van der Waals surface area contributed by atoms with Crippen molar-refractivity contribution in [1.29, 1.82) is 0 Å². The van der Waals surface area contributed by atoms with Gasteiger partial charge in [-0.15, -0.1) is 11.3 Å². The Balaban J connectivity index is 1.31. The number of aryl methyl sites for hydroxylation is 1. The second-order valence-electron chi connectivity index (χ2n) is 7.98. The zero-order chi connectivity index (χ0) is 22.8. The van der Waals surface area contributed by atoms with Gasteiger partial charge in [-0.25, -0.2) is 14.8 Å². The average molecular weight is 462 g/mol. The molecule has 0 amide bonds. The highest BCUT2D eigenvalue weighted by molar-refractivity contribution is 7.13. The van der Waals surface area contributed by atoms with Gasteiger partial charge in [-0.1, -0.05) is 6.42 Å². The molecule has 1 aliphatic heterocycles. The molecule has 0 spiro atoms. The van der Waals surface area contributed by atoms with E-state index in [2.05, 4.69) is 9.97 Å². The van der Waals surface area contributed by atoms with Crippen LogP contribution in [-0.4, -0.2) is 27.6 Å². The van der Waals surface area contributed by atoms with E-state index in [0.29, 0.717) is 28.7 Å². The highest BCUT2D eigenvalue weighted by Gasteiger charge is 2.16. The third-order valence-corrected chi connectivity index (χ3v) is 6.73. The van der Waals surface area contributed by atoms with Crippen molar-refractivity contribution in [2.45, 2.75) is 38.8 Å². The molecule has 0 aliphatic carbocycles. The van der Waals surface area contributed by atoms with E-state index in [1.165, 1.54) is 11.3 Å². The van der Waals surface area contributed by atoms with Crippen LogP contribution in [0.2, 0.25) is 0 Å². The molecule has 33 heavy (non-hydrogen) atoms. The number of ether oxygens (including phenoxy) is 2. The summed E-state index contributed by atoms with van der Waals surface area (Å²) < 4.78 is 12.4. The normalized spacial score (nSPS) is 13.4. The predicted octanol–water partition coefficient (Wildman–Crippen LogP) is 4.61. The molecule has 0 unspecified atom stereocenters. The average Bonchev–Trinajstić information content (AvgIpc) is 3.20. The maximum Gasteiger partial charge on any atom is 0.338 e. The second-order valence-corrected chi connectivity index (χ2v) is 8.83. The van der Waals surface area contributed by atoms with Gasteiger partial charge in [0, 0.05) is 23.9 Å². The Morgan fingerprint density at radius 3 is 2.76 bits per heavy atom. The molecule has 4 aromatic rings. The number of esters is 1. The fourth-order valence-corrected chi connectivity index (χ4v) is 4.82. The van der Waals surface area contributed by atoms with Crippen LogP contribution in [0.15, 0.2) is 52.6 Å². The van der Waals surface area contributed by atoms with Gasteiger partial charge in [-0.3, -0.25) is 9.36 Å². The molecule has 0 saturated heterocycles. The highest BCUT2D eigenvalue weighted by Crippen LogP contribution is 2.26. The Morgan fingerprint density at radius 1 is 1.09 bits per heavy atom. The zero-order valence-corrected chi connectivity index (χ0v) is 19.1. The molecule has 2 aromatic heterocycles. The topological polar surface area (TPSA) is 83.3 Å². The van der Waals surface area contributed by atoms with Crippen LogP contribution in [0.1, 0.15) is 41.1 Å². The number of rotatable bonds is 5.